The molecule has 3 nitrogen and oxygen atoms in total. The zero-order chi connectivity index (χ0) is 20.1. The maximum absolute atomic E-state index is 12.8. The number of carbonyl (C=O) groups excluding carboxylic acids is 1. The molecule has 0 spiro atoms. The van der Waals surface area contributed by atoms with Crippen LogP contribution in [-0.4, -0.2) is 12.5 Å². The SMILES string of the molecule is CC[C@H](NC(=O)COc1cccc(C(F)(F)F)c1)c1ccc2c(c1)CCCC2. The Morgan fingerprint density at radius 2 is 1.86 bits per heavy atom. The number of benzene rings is 2. The van der Waals surface area contributed by atoms with Gasteiger partial charge < -0.3 is 10.1 Å². The second-order valence-electron chi connectivity index (χ2n) is 7.08. The Morgan fingerprint density at radius 1 is 1.11 bits per heavy atom. The molecule has 2 aromatic carbocycles. The van der Waals surface area contributed by atoms with Crippen molar-refractivity contribution in [2.45, 2.75) is 51.2 Å². The smallest absolute Gasteiger partial charge is 0.416 e. The van der Waals surface area contributed by atoms with Gasteiger partial charge in [-0.2, -0.15) is 13.2 Å². The number of hydrogen-bond donors (Lipinski definition) is 1. The third-order valence-electron chi connectivity index (χ3n) is 5.05. The van der Waals surface area contributed by atoms with Gasteiger partial charge in [-0.1, -0.05) is 31.2 Å². The highest BCUT2D eigenvalue weighted by molar-refractivity contribution is 5.78. The van der Waals surface area contributed by atoms with Crippen LogP contribution in [0, 0.1) is 0 Å². The summed E-state index contributed by atoms with van der Waals surface area (Å²) in [6.45, 7) is 1.65. The molecule has 1 N–H and O–H groups in total. The van der Waals surface area contributed by atoms with Crippen molar-refractivity contribution in [3.63, 3.8) is 0 Å². The van der Waals surface area contributed by atoms with E-state index in [4.69, 9.17) is 4.74 Å². The maximum atomic E-state index is 12.8. The van der Waals surface area contributed by atoms with E-state index in [-0.39, 0.29) is 24.3 Å². The van der Waals surface area contributed by atoms with Crippen molar-refractivity contribution in [1.82, 2.24) is 5.32 Å². The average molecular weight is 391 g/mol. The van der Waals surface area contributed by atoms with Gasteiger partial charge in [-0.15, -0.1) is 0 Å². The summed E-state index contributed by atoms with van der Waals surface area (Å²) in [4.78, 5) is 12.3. The largest absolute Gasteiger partial charge is 0.484 e. The Balaban J connectivity index is 1.60. The molecule has 0 unspecified atom stereocenters. The Bertz CT molecular complexity index is 833. The summed E-state index contributed by atoms with van der Waals surface area (Å²) in [5.41, 5.74) is 2.97. The standard InChI is InChI=1S/C22H24F3NO2/c1-2-20(17-11-10-15-6-3-4-7-16(15)12-17)26-21(27)14-28-19-9-5-8-18(13-19)22(23,24)25/h5,8-13,20H,2-4,6-7,14H2,1H3,(H,26,27)/t20-/m0/s1. The van der Waals surface area contributed by atoms with Gasteiger partial charge in [0.25, 0.3) is 5.91 Å². The van der Waals surface area contributed by atoms with Gasteiger partial charge in [-0.05, 0) is 67.0 Å². The molecule has 0 aromatic heterocycles. The van der Waals surface area contributed by atoms with E-state index >= 15 is 0 Å². The Hall–Kier alpha value is -2.50. The van der Waals surface area contributed by atoms with Crippen molar-refractivity contribution in [2.24, 2.45) is 0 Å². The molecular weight excluding hydrogens is 367 g/mol. The highest BCUT2D eigenvalue weighted by Crippen LogP contribution is 2.31. The van der Waals surface area contributed by atoms with Gasteiger partial charge in [0.2, 0.25) is 0 Å². The molecule has 0 radical (unpaired) electrons. The third kappa shape index (κ3) is 5.06. The number of aryl methyl sites for hydroxylation is 2. The van der Waals surface area contributed by atoms with Gasteiger partial charge in [0.1, 0.15) is 5.75 Å². The second-order valence-corrected chi connectivity index (χ2v) is 7.08. The molecule has 1 atom stereocenters. The molecule has 1 amide bonds. The fourth-order valence-corrected chi connectivity index (χ4v) is 3.54. The normalized spacial score (nSPS) is 14.9. The Morgan fingerprint density at radius 3 is 2.57 bits per heavy atom. The number of fused-ring (bicyclic) bond motifs is 1. The van der Waals surface area contributed by atoms with Gasteiger partial charge in [-0.25, -0.2) is 0 Å². The molecule has 0 fully saturated rings. The fourth-order valence-electron chi connectivity index (χ4n) is 3.54. The van der Waals surface area contributed by atoms with E-state index in [1.54, 1.807) is 0 Å². The van der Waals surface area contributed by atoms with E-state index in [0.717, 1.165) is 30.5 Å². The zero-order valence-electron chi connectivity index (χ0n) is 15.8. The quantitative estimate of drug-likeness (QED) is 0.732. The highest BCUT2D eigenvalue weighted by atomic mass is 19.4. The van der Waals surface area contributed by atoms with Crippen molar-refractivity contribution >= 4 is 5.91 Å². The molecule has 0 aliphatic heterocycles. The lowest BCUT2D eigenvalue weighted by Crippen LogP contribution is -2.32. The molecule has 3 rings (SSSR count). The molecule has 28 heavy (non-hydrogen) atoms. The summed E-state index contributed by atoms with van der Waals surface area (Å²) in [5, 5.41) is 2.92. The van der Waals surface area contributed by atoms with Crippen LogP contribution in [0.1, 0.15) is 54.5 Å². The minimum atomic E-state index is -4.44. The first-order valence-electron chi connectivity index (χ1n) is 9.58. The summed E-state index contributed by atoms with van der Waals surface area (Å²) in [6, 6.07) is 10.7. The van der Waals surface area contributed by atoms with Gasteiger partial charge in [0.15, 0.2) is 6.61 Å². The van der Waals surface area contributed by atoms with Gasteiger partial charge in [0, 0.05) is 0 Å². The molecule has 0 saturated heterocycles. The van der Waals surface area contributed by atoms with Crippen LogP contribution in [-0.2, 0) is 23.8 Å². The number of halogens is 3. The number of nitrogens with one attached hydrogen (secondary N) is 1. The predicted molar refractivity (Wildman–Crippen MR) is 101 cm³/mol. The average Bonchev–Trinajstić information content (AvgIpc) is 2.69. The van der Waals surface area contributed by atoms with Crippen LogP contribution in [0.15, 0.2) is 42.5 Å². The predicted octanol–water partition coefficient (Wildman–Crippen LogP) is 5.23. The van der Waals surface area contributed by atoms with Crippen molar-refractivity contribution < 1.29 is 22.7 Å². The summed E-state index contributed by atoms with van der Waals surface area (Å²) < 4.78 is 43.5. The number of alkyl halides is 3. The van der Waals surface area contributed by atoms with E-state index in [0.29, 0.717) is 6.42 Å². The number of amides is 1. The number of hydrogen-bond acceptors (Lipinski definition) is 2. The second kappa shape index (κ2) is 8.67. The van der Waals surface area contributed by atoms with Gasteiger partial charge >= 0.3 is 6.18 Å². The summed E-state index contributed by atoms with van der Waals surface area (Å²) >= 11 is 0. The first-order valence-corrected chi connectivity index (χ1v) is 9.58. The fraction of sp³-hybridized carbons (Fsp3) is 0.409. The summed E-state index contributed by atoms with van der Waals surface area (Å²) in [7, 11) is 0. The zero-order valence-corrected chi connectivity index (χ0v) is 15.8. The maximum Gasteiger partial charge on any atom is 0.416 e. The van der Waals surface area contributed by atoms with Gasteiger partial charge in [-0.3, -0.25) is 4.79 Å². The Kier molecular flexibility index (Phi) is 6.27. The van der Waals surface area contributed by atoms with Crippen molar-refractivity contribution in [3.8, 4) is 5.75 Å². The van der Waals surface area contributed by atoms with Gasteiger partial charge in [0.05, 0.1) is 11.6 Å². The first kappa shape index (κ1) is 20.2. The van der Waals surface area contributed by atoms with Crippen LogP contribution < -0.4 is 10.1 Å². The van der Waals surface area contributed by atoms with Crippen LogP contribution in [0.5, 0.6) is 5.75 Å². The number of carbonyl (C=O) groups is 1. The molecule has 0 heterocycles. The highest BCUT2D eigenvalue weighted by Gasteiger charge is 2.30. The minimum absolute atomic E-state index is 0.0202. The van der Waals surface area contributed by atoms with E-state index in [2.05, 4.69) is 17.4 Å². The molecule has 1 aliphatic carbocycles. The van der Waals surface area contributed by atoms with E-state index in [1.807, 2.05) is 13.0 Å². The molecule has 0 saturated carbocycles. The molecule has 150 valence electrons. The summed E-state index contributed by atoms with van der Waals surface area (Å²) in [5.74, 6) is -0.339. The van der Waals surface area contributed by atoms with Crippen molar-refractivity contribution in [3.05, 3.63) is 64.7 Å². The Labute approximate surface area is 162 Å². The molecular formula is C22H24F3NO2. The third-order valence-corrected chi connectivity index (χ3v) is 5.05. The van der Waals surface area contributed by atoms with Crippen LogP contribution in [0.25, 0.3) is 0 Å². The first-order chi connectivity index (χ1) is 13.4. The monoisotopic (exact) mass is 391 g/mol. The molecule has 0 bridgehead atoms. The van der Waals surface area contributed by atoms with E-state index in [1.165, 1.54) is 36.1 Å². The summed E-state index contributed by atoms with van der Waals surface area (Å²) in [6.07, 6.45) is 0.836. The van der Waals surface area contributed by atoms with Crippen molar-refractivity contribution in [1.29, 1.82) is 0 Å². The van der Waals surface area contributed by atoms with Crippen molar-refractivity contribution in [2.75, 3.05) is 6.61 Å². The molecule has 2 aromatic rings. The molecule has 1 aliphatic rings. The van der Waals surface area contributed by atoms with E-state index in [9.17, 15) is 18.0 Å². The topological polar surface area (TPSA) is 38.3 Å². The lowest BCUT2D eigenvalue weighted by Gasteiger charge is -2.22. The van der Waals surface area contributed by atoms with Crippen LogP contribution in [0.3, 0.4) is 0 Å². The minimum Gasteiger partial charge on any atom is -0.484 e. The van der Waals surface area contributed by atoms with Crippen LogP contribution in [0.2, 0.25) is 0 Å². The number of ether oxygens (including phenoxy) is 1. The van der Waals surface area contributed by atoms with Crippen LogP contribution >= 0.6 is 0 Å². The number of rotatable bonds is 6. The molecule has 6 heteroatoms. The lowest BCUT2D eigenvalue weighted by atomic mass is 9.89. The van der Waals surface area contributed by atoms with E-state index < -0.39 is 11.7 Å². The van der Waals surface area contributed by atoms with Crippen LogP contribution in [0.4, 0.5) is 13.2 Å². The lowest BCUT2D eigenvalue weighted by molar-refractivity contribution is -0.137.